The number of rotatable bonds is 4. The van der Waals surface area contributed by atoms with Gasteiger partial charge in [-0.05, 0) is 23.8 Å². The topological polar surface area (TPSA) is 29.3 Å². The van der Waals surface area contributed by atoms with Gasteiger partial charge < -0.3 is 10.6 Å². The fourth-order valence-corrected chi connectivity index (χ4v) is 2.34. The zero-order chi connectivity index (χ0) is 15.6. The summed E-state index contributed by atoms with van der Waals surface area (Å²) < 4.78 is 28.0. The first-order valence-corrected chi connectivity index (χ1v) is 6.92. The standard InChI is InChI=1S/C15H13ClF2N2S/c1-20(8-9-4-2-3-5-11(9)16)12-7-6-10(15(19)21)13(17)14(12)18/h2-7H,8H2,1H3,(H2,19,21). The summed E-state index contributed by atoms with van der Waals surface area (Å²) in [6, 6.07) is 10.0. The fourth-order valence-electron chi connectivity index (χ4n) is 1.99. The van der Waals surface area contributed by atoms with Gasteiger partial charge in [-0.25, -0.2) is 8.78 Å². The van der Waals surface area contributed by atoms with Gasteiger partial charge in [0.05, 0.1) is 5.69 Å². The third-order valence-corrected chi connectivity index (χ3v) is 3.69. The molecular weight excluding hydrogens is 314 g/mol. The fraction of sp³-hybridized carbons (Fsp3) is 0.133. The van der Waals surface area contributed by atoms with Crippen LogP contribution >= 0.6 is 23.8 Å². The molecular formula is C15H13ClF2N2S. The second-order valence-corrected chi connectivity index (χ2v) is 5.42. The minimum absolute atomic E-state index is 0.0996. The van der Waals surface area contributed by atoms with E-state index in [9.17, 15) is 8.78 Å². The lowest BCUT2D eigenvalue weighted by molar-refractivity contribution is 0.506. The Hall–Kier alpha value is -1.72. The van der Waals surface area contributed by atoms with Gasteiger partial charge in [0.25, 0.3) is 0 Å². The van der Waals surface area contributed by atoms with Crippen LogP contribution in [0, 0.1) is 11.6 Å². The molecule has 0 bridgehead atoms. The Labute approximate surface area is 132 Å². The highest BCUT2D eigenvalue weighted by atomic mass is 35.5. The molecule has 0 radical (unpaired) electrons. The highest BCUT2D eigenvalue weighted by Gasteiger charge is 2.17. The Morgan fingerprint density at radius 1 is 1.19 bits per heavy atom. The Kier molecular flexibility index (Phi) is 4.75. The molecule has 0 heterocycles. The quantitative estimate of drug-likeness (QED) is 0.864. The van der Waals surface area contributed by atoms with Gasteiger partial charge in [-0.1, -0.05) is 42.0 Å². The first kappa shape index (κ1) is 15.7. The van der Waals surface area contributed by atoms with Crippen LogP contribution in [0.2, 0.25) is 5.02 Å². The van der Waals surface area contributed by atoms with Crippen LogP contribution in [-0.4, -0.2) is 12.0 Å². The van der Waals surface area contributed by atoms with Crippen molar-refractivity contribution in [2.24, 2.45) is 5.73 Å². The van der Waals surface area contributed by atoms with Crippen molar-refractivity contribution in [2.45, 2.75) is 6.54 Å². The molecule has 2 rings (SSSR count). The minimum Gasteiger partial charge on any atom is -0.389 e. The van der Waals surface area contributed by atoms with Crippen molar-refractivity contribution in [1.29, 1.82) is 0 Å². The van der Waals surface area contributed by atoms with E-state index >= 15 is 0 Å². The van der Waals surface area contributed by atoms with Crippen molar-refractivity contribution >= 4 is 34.5 Å². The van der Waals surface area contributed by atoms with E-state index in [1.807, 2.05) is 18.2 Å². The molecule has 0 saturated heterocycles. The maximum atomic E-state index is 14.1. The van der Waals surface area contributed by atoms with Crippen LogP contribution in [0.5, 0.6) is 0 Å². The smallest absolute Gasteiger partial charge is 0.182 e. The normalized spacial score (nSPS) is 10.5. The van der Waals surface area contributed by atoms with Gasteiger partial charge in [0.2, 0.25) is 0 Å². The summed E-state index contributed by atoms with van der Waals surface area (Å²) in [5.41, 5.74) is 6.18. The van der Waals surface area contributed by atoms with Crippen LogP contribution in [-0.2, 0) is 6.54 Å². The van der Waals surface area contributed by atoms with Crippen LogP contribution in [0.15, 0.2) is 36.4 Å². The first-order chi connectivity index (χ1) is 9.91. The lowest BCUT2D eigenvalue weighted by atomic mass is 10.1. The SMILES string of the molecule is CN(Cc1ccccc1Cl)c1ccc(C(N)=S)c(F)c1F. The van der Waals surface area contributed by atoms with Crippen LogP contribution in [0.4, 0.5) is 14.5 Å². The van der Waals surface area contributed by atoms with Gasteiger partial charge in [-0.2, -0.15) is 0 Å². The molecule has 0 aliphatic rings. The summed E-state index contributed by atoms with van der Waals surface area (Å²) in [6.07, 6.45) is 0. The van der Waals surface area contributed by atoms with Crippen LogP contribution in [0.3, 0.4) is 0 Å². The van der Waals surface area contributed by atoms with Gasteiger partial charge in [0.15, 0.2) is 11.6 Å². The average molecular weight is 327 g/mol. The molecule has 0 atom stereocenters. The molecule has 0 aliphatic heterocycles. The Bertz CT molecular complexity index is 691. The first-order valence-electron chi connectivity index (χ1n) is 6.14. The second kappa shape index (κ2) is 6.37. The predicted octanol–water partition coefficient (Wildman–Crippen LogP) is 3.89. The molecule has 2 nitrogen and oxygen atoms in total. The van der Waals surface area contributed by atoms with Crippen molar-refractivity contribution in [3.8, 4) is 0 Å². The monoisotopic (exact) mass is 326 g/mol. The molecule has 0 unspecified atom stereocenters. The summed E-state index contributed by atoms with van der Waals surface area (Å²) >= 11 is 10.7. The van der Waals surface area contributed by atoms with E-state index in [-0.39, 0.29) is 16.2 Å². The number of thiocarbonyl (C=S) groups is 1. The van der Waals surface area contributed by atoms with Crippen molar-refractivity contribution in [3.63, 3.8) is 0 Å². The largest absolute Gasteiger partial charge is 0.389 e. The number of halogens is 3. The van der Waals surface area contributed by atoms with E-state index < -0.39 is 11.6 Å². The molecule has 0 spiro atoms. The summed E-state index contributed by atoms with van der Waals surface area (Å²) in [4.78, 5) is 1.40. The maximum absolute atomic E-state index is 14.1. The molecule has 0 saturated carbocycles. The zero-order valence-corrected chi connectivity index (χ0v) is 12.8. The zero-order valence-electron chi connectivity index (χ0n) is 11.2. The lowest BCUT2D eigenvalue weighted by Crippen LogP contribution is -2.20. The molecule has 0 fully saturated rings. The highest BCUT2D eigenvalue weighted by Crippen LogP contribution is 2.26. The Morgan fingerprint density at radius 2 is 1.86 bits per heavy atom. The Morgan fingerprint density at radius 3 is 2.48 bits per heavy atom. The number of anilines is 1. The van der Waals surface area contributed by atoms with Crippen molar-refractivity contribution in [3.05, 3.63) is 64.2 Å². The van der Waals surface area contributed by atoms with E-state index in [0.717, 1.165) is 5.56 Å². The van der Waals surface area contributed by atoms with Crippen LogP contribution in [0.25, 0.3) is 0 Å². The number of benzene rings is 2. The second-order valence-electron chi connectivity index (χ2n) is 4.57. The van der Waals surface area contributed by atoms with Crippen molar-refractivity contribution in [1.82, 2.24) is 0 Å². The van der Waals surface area contributed by atoms with Gasteiger partial charge in [-0.15, -0.1) is 0 Å². The molecule has 0 aliphatic carbocycles. The van der Waals surface area contributed by atoms with Gasteiger partial charge >= 0.3 is 0 Å². The number of hydrogen-bond donors (Lipinski definition) is 1. The van der Waals surface area contributed by atoms with E-state index in [2.05, 4.69) is 12.2 Å². The third kappa shape index (κ3) is 3.31. The van der Waals surface area contributed by atoms with E-state index in [0.29, 0.717) is 11.6 Å². The third-order valence-electron chi connectivity index (χ3n) is 3.10. The molecule has 0 amide bonds. The molecule has 2 aromatic rings. The average Bonchev–Trinajstić information content (AvgIpc) is 2.43. The number of nitrogens with two attached hydrogens (primary N) is 1. The minimum atomic E-state index is -1.04. The molecule has 21 heavy (non-hydrogen) atoms. The number of hydrogen-bond acceptors (Lipinski definition) is 2. The summed E-state index contributed by atoms with van der Waals surface area (Å²) in [6.45, 7) is 0.350. The molecule has 2 N–H and O–H groups in total. The Balaban J connectivity index is 2.32. The molecule has 6 heteroatoms. The van der Waals surface area contributed by atoms with Gasteiger partial charge in [-0.3, -0.25) is 0 Å². The van der Waals surface area contributed by atoms with Gasteiger partial charge in [0, 0.05) is 24.2 Å². The van der Waals surface area contributed by atoms with Crippen molar-refractivity contribution in [2.75, 3.05) is 11.9 Å². The molecule has 110 valence electrons. The summed E-state index contributed by atoms with van der Waals surface area (Å²) in [5, 5.41) is 0.574. The molecule has 2 aromatic carbocycles. The number of nitrogens with zero attached hydrogens (tertiary/aromatic N) is 1. The van der Waals surface area contributed by atoms with Crippen LogP contribution in [0.1, 0.15) is 11.1 Å². The highest BCUT2D eigenvalue weighted by molar-refractivity contribution is 7.80. The lowest BCUT2D eigenvalue weighted by Gasteiger charge is -2.21. The van der Waals surface area contributed by atoms with Crippen molar-refractivity contribution < 1.29 is 8.78 Å². The van der Waals surface area contributed by atoms with E-state index in [4.69, 9.17) is 17.3 Å². The predicted molar refractivity (Wildman–Crippen MR) is 85.8 cm³/mol. The maximum Gasteiger partial charge on any atom is 0.182 e. The van der Waals surface area contributed by atoms with Gasteiger partial charge in [0.1, 0.15) is 4.99 Å². The van der Waals surface area contributed by atoms with E-state index in [1.54, 1.807) is 18.0 Å². The molecule has 0 aromatic heterocycles. The summed E-state index contributed by atoms with van der Waals surface area (Å²) in [5.74, 6) is -2.01. The van der Waals surface area contributed by atoms with Crippen LogP contribution < -0.4 is 10.6 Å². The summed E-state index contributed by atoms with van der Waals surface area (Å²) in [7, 11) is 1.65. The van der Waals surface area contributed by atoms with E-state index in [1.165, 1.54) is 12.1 Å².